The van der Waals surface area contributed by atoms with Gasteiger partial charge in [0.05, 0.1) is 6.04 Å². The second-order valence-corrected chi connectivity index (χ2v) is 7.59. The van der Waals surface area contributed by atoms with Gasteiger partial charge in [-0.25, -0.2) is 0 Å². The second-order valence-electron chi connectivity index (χ2n) is 6.75. The maximum atomic E-state index is 13.2. The summed E-state index contributed by atoms with van der Waals surface area (Å²) in [6, 6.07) is 12.7. The van der Waals surface area contributed by atoms with Gasteiger partial charge in [0.15, 0.2) is 10.8 Å². The molecule has 2 aromatic rings. The molecule has 7 heteroatoms. The number of fused-ring (bicyclic) bond motifs is 4. The Morgan fingerprint density at radius 1 is 1.31 bits per heavy atom. The average molecular weight is 388 g/mol. The Kier molecular flexibility index (Phi) is 4.04. The van der Waals surface area contributed by atoms with Crippen LogP contribution in [0.3, 0.4) is 0 Å². The number of ether oxygens (including phenoxy) is 1. The molecule has 0 aromatic heterocycles. The van der Waals surface area contributed by atoms with E-state index in [0.29, 0.717) is 15.9 Å². The lowest BCUT2D eigenvalue weighted by Gasteiger charge is -2.50. The van der Waals surface area contributed by atoms with Crippen molar-refractivity contribution in [2.45, 2.75) is 25.6 Å². The molecule has 1 amide bonds. The molecule has 1 saturated heterocycles. The van der Waals surface area contributed by atoms with Crippen molar-refractivity contribution in [3.63, 3.8) is 0 Å². The minimum atomic E-state index is -0.958. The lowest BCUT2D eigenvalue weighted by molar-refractivity contribution is -0.132. The minimum Gasteiger partial charge on any atom is -0.467 e. The van der Waals surface area contributed by atoms with Crippen molar-refractivity contribution < 1.29 is 9.53 Å². The summed E-state index contributed by atoms with van der Waals surface area (Å²) in [6.07, 6.45) is 0. The number of aryl methyl sites for hydroxylation is 1. The summed E-state index contributed by atoms with van der Waals surface area (Å²) in [5.74, 6) is -0.0101. The van der Waals surface area contributed by atoms with E-state index in [1.165, 1.54) is 0 Å². The third-order valence-corrected chi connectivity index (χ3v) is 5.34. The number of amides is 1. The molecule has 0 radical (unpaired) electrons. The first-order chi connectivity index (χ1) is 12.4. The molecule has 0 unspecified atom stereocenters. The first-order valence-electron chi connectivity index (χ1n) is 8.31. The summed E-state index contributed by atoms with van der Waals surface area (Å²) in [7, 11) is 0. The molecule has 134 valence electrons. The molecule has 3 N–H and O–H groups in total. The topological polar surface area (TPSA) is 62.4 Å². The van der Waals surface area contributed by atoms with E-state index in [-0.39, 0.29) is 11.9 Å². The van der Waals surface area contributed by atoms with Crippen LogP contribution in [0.1, 0.15) is 24.1 Å². The number of nitrogens with one attached hydrogen (secondary N) is 3. The van der Waals surface area contributed by atoms with Gasteiger partial charge in [0.25, 0.3) is 0 Å². The normalized spacial score (nSPS) is 26.0. The van der Waals surface area contributed by atoms with Crippen LogP contribution in [-0.2, 0) is 4.79 Å². The Bertz CT molecular complexity index is 919. The summed E-state index contributed by atoms with van der Waals surface area (Å²) >= 11 is 11.5. The molecule has 2 aliphatic rings. The van der Waals surface area contributed by atoms with Crippen LogP contribution >= 0.6 is 23.8 Å². The van der Waals surface area contributed by atoms with Gasteiger partial charge >= 0.3 is 0 Å². The molecular weight excluding hydrogens is 370 g/mol. The Balaban J connectivity index is 1.74. The number of benzene rings is 2. The Morgan fingerprint density at radius 3 is 2.85 bits per heavy atom. The maximum absolute atomic E-state index is 13.2. The van der Waals surface area contributed by atoms with Crippen LogP contribution < -0.4 is 20.7 Å². The number of hydrogen-bond donors (Lipinski definition) is 3. The first-order valence-corrected chi connectivity index (χ1v) is 9.10. The van der Waals surface area contributed by atoms with E-state index in [1.54, 1.807) is 6.07 Å². The van der Waals surface area contributed by atoms with Crippen LogP contribution in [0, 0.1) is 12.8 Å². The molecule has 5 nitrogen and oxygen atoms in total. The number of halogens is 1. The van der Waals surface area contributed by atoms with E-state index in [0.717, 1.165) is 16.8 Å². The third-order valence-electron chi connectivity index (χ3n) is 4.89. The maximum Gasteiger partial charge on any atom is 0.236 e. The lowest BCUT2D eigenvalue weighted by atomic mass is 9.80. The van der Waals surface area contributed by atoms with Crippen LogP contribution in [0.5, 0.6) is 5.75 Å². The number of anilines is 1. The molecule has 0 saturated carbocycles. The van der Waals surface area contributed by atoms with Crippen molar-refractivity contribution >= 4 is 40.5 Å². The van der Waals surface area contributed by atoms with Gasteiger partial charge in [-0.15, -0.1) is 0 Å². The van der Waals surface area contributed by atoms with Gasteiger partial charge in [0, 0.05) is 16.3 Å². The van der Waals surface area contributed by atoms with Crippen LogP contribution in [0.4, 0.5) is 5.69 Å². The quantitative estimate of drug-likeness (QED) is 0.688. The molecule has 0 spiro atoms. The lowest BCUT2D eigenvalue weighted by Crippen LogP contribution is -2.70. The van der Waals surface area contributed by atoms with Crippen LogP contribution in [0.15, 0.2) is 42.5 Å². The molecule has 1 fully saturated rings. The van der Waals surface area contributed by atoms with Crippen molar-refractivity contribution in [1.29, 1.82) is 0 Å². The SMILES string of the molecule is Cc1ccccc1NC(=O)[C@@H]1[C@H]2NC(=S)N[C@@]1(C)Oc1ccc(Cl)cc12. The largest absolute Gasteiger partial charge is 0.467 e. The molecule has 2 heterocycles. The molecule has 4 rings (SSSR count). The predicted molar refractivity (Wildman–Crippen MR) is 105 cm³/mol. The summed E-state index contributed by atoms with van der Waals surface area (Å²) in [5.41, 5.74) is 1.64. The zero-order chi connectivity index (χ0) is 18.5. The fraction of sp³-hybridized carbons (Fsp3) is 0.263. The van der Waals surface area contributed by atoms with E-state index in [1.807, 2.05) is 50.2 Å². The monoisotopic (exact) mass is 387 g/mol. The molecule has 2 aliphatic heterocycles. The summed E-state index contributed by atoms with van der Waals surface area (Å²) in [5, 5.41) is 10.4. The van der Waals surface area contributed by atoms with Crippen LogP contribution in [0.25, 0.3) is 0 Å². The van der Waals surface area contributed by atoms with E-state index >= 15 is 0 Å². The van der Waals surface area contributed by atoms with Gasteiger partial charge in [-0.05, 0) is 55.9 Å². The molecule has 3 atom stereocenters. The van der Waals surface area contributed by atoms with Gasteiger partial charge in [-0.1, -0.05) is 29.8 Å². The molecule has 2 aromatic carbocycles. The van der Waals surface area contributed by atoms with Crippen LogP contribution in [-0.4, -0.2) is 16.7 Å². The zero-order valence-electron chi connectivity index (χ0n) is 14.3. The average Bonchev–Trinajstić information content (AvgIpc) is 2.56. The van der Waals surface area contributed by atoms with E-state index < -0.39 is 11.6 Å². The molecule has 0 aliphatic carbocycles. The number of para-hydroxylation sites is 1. The van der Waals surface area contributed by atoms with Gasteiger partial charge in [-0.2, -0.15) is 0 Å². The summed E-state index contributed by atoms with van der Waals surface area (Å²) in [4.78, 5) is 13.2. The van der Waals surface area contributed by atoms with Gasteiger partial charge in [0.1, 0.15) is 11.7 Å². The van der Waals surface area contributed by atoms with Crippen molar-refractivity contribution in [1.82, 2.24) is 10.6 Å². The zero-order valence-corrected chi connectivity index (χ0v) is 15.9. The first kappa shape index (κ1) is 17.1. The van der Waals surface area contributed by atoms with Crippen molar-refractivity contribution in [3.8, 4) is 5.75 Å². The van der Waals surface area contributed by atoms with E-state index in [9.17, 15) is 4.79 Å². The number of rotatable bonds is 2. The highest BCUT2D eigenvalue weighted by atomic mass is 35.5. The van der Waals surface area contributed by atoms with Gasteiger partial charge in [0.2, 0.25) is 5.91 Å². The number of carbonyl (C=O) groups excluding carboxylic acids is 1. The Labute approximate surface area is 162 Å². The van der Waals surface area contributed by atoms with Gasteiger partial charge < -0.3 is 20.7 Å². The fourth-order valence-corrected chi connectivity index (χ4v) is 4.15. The number of thiocarbonyl (C=S) groups is 1. The highest BCUT2D eigenvalue weighted by Gasteiger charge is 2.54. The fourth-order valence-electron chi connectivity index (χ4n) is 3.64. The van der Waals surface area contributed by atoms with Crippen LogP contribution in [0.2, 0.25) is 5.02 Å². The second kappa shape index (κ2) is 6.14. The Hall–Kier alpha value is -2.31. The third kappa shape index (κ3) is 2.79. The van der Waals surface area contributed by atoms with Crippen molar-refractivity contribution in [2.75, 3.05) is 5.32 Å². The number of carbonyl (C=O) groups is 1. The predicted octanol–water partition coefficient (Wildman–Crippen LogP) is 3.53. The highest BCUT2D eigenvalue weighted by molar-refractivity contribution is 7.80. The van der Waals surface area contributed by atoms with E-state index in [2.05, 4.69) is 16.0 Å². The summed E-state index contributed by atoms with van der Waals surface area (Å²) in [6.45, 7) is 3.79. The summed E-state index contributed by atoms with van der Waals surface area (Å²) < 4.78 is 6.16. The standard InChI is InChI=1S/C19H18ClN3O2S/c1-10-5-3-4-6-13(10)21-17(24)15-16-12-9-11(20)7-8-14(12)25-19(15,2)23-18(26)22-16/h3-9,15-16H,1-2H3,(H,21,24)(H2,22,23,26)/t15-,16-,19-/m0/s1. The molecular formula is C19H18ClN3O2S. The Morgan fingerprint density at radius 2 is 2.08 bits per heavy atom. The molecule has 2 bridgehead atoms. The highest BCUT2D eigenvalue weighted by Crippen LogP contribution is 2.46. The number of hydrogen-bond acceptors (Lipinski definition) is 3. The van der Waals surface area contributed by atoms with Crippen molar-refractivity contribution in [3.05, 3.63) is 58.6 Å². The smallest absolute Gasteiger partial charge is 0.236 e. The minimum absolute atomic E-state index is 0.153. The molecule has 26 heavy (non-hydrogen) atoms. The van der Waals surface area contributed by atoms with E-state index in [4.69, 9.17) is 28.6 Å². The van der Waals surface area contributed by atoms with Gasteiger partial charge in [-0.3, -0.25) is 4.79 Å². The van der Waals surface area contributed by atoms with Crippen molar-refractivity contribution in [2.24, 2.45) is 5.92 Å².